The smallest absolute Gasteiger partial charge is 0.266 e. The van der Waals surface area contributed by atoms with Crippen molar-refractivity contribution in [3.8, 4) is 17.6 Å². The number of nitrogens with zero attached hydrogens (tertiary/aromatic N) is 1. The molecule has 0 atom stereocenters. The van der Waals surface area contributed by atoms with Gasteiger partial charge < -0.3 is 14.8 Å². The number of hydrogen-bond donors (Lipinski definition) is 1. The Morgan fingerprint density at radius 2 is 1.93 bits per heavy atom. The molecule has 0 radical (unpaired) electrons. The maximum Gasteiger partial charge on any atom is 0.266 e. The van der Waals surface area contributed by atoms with E-state index in [1.54, 1.807) is 12.1 Å². The van der Waals surface area contributed by atoms with Gasteiger partial charge in [0.1, 0.15) is 11.6 Å². The zero-order valence-corrected chi connectivity index (χ0v) is 17.6. The van der Waals surface area contributed by atoms with Crippen molar-refractivity contribution in [1.82, 2.24) is 0 Å². The molecule has 29 heavy (non-hydrogen) atoms. The predicted octanol–water partition coefficient (Wildman–Crippen LogP) is 5.56. The molecule has 0 aliphatic rings. The van der Waals surface area contributed by atoms with Gasteiger partial charge in [0.05, 0.1) is 18.2 Å². The fourth-order valence-electron chi connectivity index (χ4n) is 2.89. The maximum absolute atomic E-state index is 12.6. The van der Waals surface area contributed by atoms with Gasteiger partial charge in [0, 0.05) is 5.69 Å². The van der Waals surface area contributed by atoms with Crippen molar-refractivity contribution in [3.63, 3.8) is 0 Å². The summed E-state index contributed by atoms with van der Waals surface area (Å²) in [5, 5.41) is 14.4. The van der Waals surface area contributed by atoms with Crippen molar-refractivity contribution in [2.24, 2.45) is 0 Å². The van der Waals surface area contributed by atoms with Gasteiger partial charge in [-0.1, -0.05) is 30.3 Å². The van der Waals surface area contributed by atoms with Gasteiger partial charge in [0.15, 0.2) is 11.5 Å². The molecule has 3 aromatic carbocycles. The monoisotopic (exact) mass is 450 g/mol. The Labute approximate surface area is 177 Å². The van der Waals surface area contributed by atoms with E-state index in [4.69, 9.17) is 9.47 Å². The SMILES string of the molecule is CCOc1c(Br)cc(/C=C(\C#N)C(=O)Nc2ccc3ccccc3c2)cc1OC. The Kier molecular flexibility index (Phi) is 6.53. The molecule has 0 unspecified atom stereocenters. The average molecular weight is 451 g/mol. The minimum Gasteiger partial charge on any atom is -0.493 e. The lowest BCUT2D eigenvalue weighted by Crippen LogP contribution is -2.13. The highest BCUT2D eigenvalue weighted by atomic mass is 79.9. The summed E-state index contributed by atoms with van der Waals surface area (Å²) in [6.07, 6.45) is 1.51. The minimum absolute atomic E-state index is 0.0173. The molecule has 0 aliphatic heterocycles. The molecule has 3 aromatic rings. The number of nitriles is 1. The first-order valence-corrected chi connectivity index (χ1v) is 9.77. The van der Waals surface area contributed by atoms with Crippen LogP contribution in [0.2, 0.25) is 0 Å². The molecule has 3 rings (SSSR count). The summed E-state index contributed by atoms with van der Waals surface area (Å²) in [6.45, 7) is 2.37. The summed E-state index contributed by atoms with van der Waals surface area (Å²) in [5.74, 6) is 0.609. The number of carbonyl (C=O) groups is 1. The molecule has 6 heteroatoms. The van der Waals surface area contributed by atoms with E-state index in [0.29, 0.717) is 33.8 Å². The van der Waals surface area contributed by atoms with E-state index in [2.05, 4.69) is 21.2 Å². The van der Waals surface area contributed by atoms with Crippen LogP contribution in [0.5, 0.6) is 11.5 Å². The first-order chi connectivity index (χ1) is 14.0. The van der Waals surface area contributed by atoms with Gasteiger partial charge in [-0.2, -0.15) is 5.26 Å². The largest absolute Gasteiger partial charge is 0.493 e. The minimum atomic E-state index is -0.480. The van der Waals surface area contributed by atoms with Crippen LogP contribution in [0.25, 0.3) is 16.8 Å². The van der Waals surface area contributed by atoms with Crippen LogP contribution in [0.3, 0.4) is 0 Å². The van der Waals surface area contributed by atoms with E-state index >= 15 is 0 Å². The summed E-state index contributed by atoms with van der Waals surface area (Å²) in [7, 11) is 1.54. The summed E-state index contributed by atoms with van der Waals surface area (Å²) in [6, 6.07) is 18.9. The first kappa shape index (κ1) is 20.4. The van der Waals surface area contributed by atoms with E-state index in [0.717, 1.165) is 10.8 Å². The maximum atomic E-state index is 12.6. The van der Waals surface area contributed by atoms with E-state index in [1.807, 2.05) is 55.5 Å². The topological polar surface area (TPSA) is 71.3 Å². The van der Waals surface area contributed by atoms with Crippen molar-refractivity contribution in [1.29, 1.82) is 5.26 Å². The molecule has 0 aromatic heterocycles. The number of anilines is 1. The van der Waals surface area contributed by atoms with Gasteiger partial charge in [-0.05, 0) is 69.5 Å². The highest BCUT2D eigenvalue weighted by Crippen LogP contribution is 2.37. The molecule has 0 aliphatic carbocycles. The highest BCUT2D eigenvalue weighted by molar-refractivity contribution is 9.10. The van der Waals surface area contributed by atoms with Crippen LogP contribution in [-0.2, 0) is 4.79 Å². The second-order valence-electron chi connectivity index (χ2n) is 6.15. The van der Waals surface area contributed by atoms with Crippen molar-refractivity contribution in [2.75, 3.05) is 19.0 Å². The lowest BCUT2D eigenvalue weighted by atomic mass is 10.1. The molecule has 0 spiro atoms. The van der Waals surface area contributed by atoms with E-state index in [9.17, 15) is 10.1 Å². The van der Waals surface area contributed by atoms with Crippen LogP contribution in [-0.4, -0.2) is 19.6 Å². The highest BCUT2D eigenvalue weighted by Gasteiger charge is 2.14. The van der Waals surface area contributed by atoms with Crippen molar-refractivity contribution < 1.29 is 14.3 Å². The van der Waals surface area contributed by atoms with Gasteiger partial charge >= 0.3 is 0 Å². The molecule has 1 amide bonds. The number of amides is 1. The molecule has 0 fully saturated rings. The molecule has 1 N–H and O–H groups in total. The van der Waals surface area contributed by atoms with Crippen LogP contribution in [0.4, 0.5) is 5.69 Å². The number of carbonyl (C=O) groups excluding carboxylic acids is 1. The first-order valence-electron chi connectivity index (χ1n) is 8.98. The summed E-state index contributed by atoms with van der Waals surface area (Å²) < 4.78 is 11.6. The van der Waals surface area contributed by atoms with E-state index in [-0.39, 0.29) is 5.57 Å². The van der Waals surface area contributed by atoms with Crippen LogP contribution in [0.15, 0.2) is 64.6 Å². The molecular weight excluding hydrogens is 432 g/mol. The number of benzene rings is 3. The molecule has 5 nitrogen and oxygen atoms in total. The van der Waals surface area contributed by atoms with Gasteiger partial charge in [-0.25, -0.2) is 0 Å². The zero-order chi connectivity index (χ0) is 20.8. The third-order valence-corrected chi connectivity index (χ3v) is 4.81. The normalized spacial score (nSPS) is 11.0. The zero-order valence-electron chi connectivity index (χ0n) is 16.0. The number of nitrogens with one attached hydrogen (secondary N) is 1. The molecule has 146 valence electrons. The van der Waals surface area contributed by atoms with Crippen molar-refractivity contribution in [3.05, 3.63) is 70.2 Å². The quantitative estimate of drug-likeness (QED) is 0.394. The standard InChI is InChI=1S/C23H19BrN2O3/c1-3-29-22-20(24)11-15(12-21(22)28-2)10-18(14-25)23(27)26-19-9-8-16-6-4-5-7-17(16)13-19/h4-13H,3H2,1-2H3,(H,26,27)/b18-10+. The Bertz CT molecular complexity index is 1130. The number of fused-ring (bicyclic) bond motifs is 1. The lowest BCUT2D eigenvalue weighted by Gasteiger charge is -2.12. The van der Waals surface area contributed by atoms with Crippen LogP contribution in [0.1, 0.15) is 12.5 Å². The lowest BCUT2D eigenvalue weighted by molar-refractivity contribution is -0.112. The number of halogens is 1. The summed E-state index contributed by atoms with van der Waals surface area (Å²) in [4.78, 5) is 12.6. The average Bonchev–Trinajstić information content (AvgIpc) is 2.73. The van der Waals surface area contributed by atoms with Crippen molar-refractivity contribution in [2.45, 2.75) is 6.92 Å². The van der Waals surface area contributed by atoms with E-state index in [1.165, 1.54) is 13.2 Å². The Morgan fingerprint density at radius 3 is 2.62 bits per heavy atom. The third-order valence-electron chi connectivity index (χ3n) is 4.22. The van der Waals surface area contributed by atoms with Crippen LogP contribution >= 0.6 is 15.9 Å². The Morgan fingerprint density at radius 1 is 1.17 bits per heavy atom. The summed E-state index contributed by atoms with van der Waals surface area (Å²) >= 11 is 3.45. The van der Waals surface area contributed by atoms with Crippen molar-refractivity contribution >= 4 is 44.4 Å². The predicted molar refractivity (Wildman–Crippen MR) is 118 cm³/mol. The summed E-state index contributed by atoms with van der Waals surface area (Å²) in [5.41, 5.74) is 1.25. The second-order valence-corrected chi connectivity index (χ2v) is 7.01. The van der Waals surface area contributed by atoms with E-state index < -0.39 is 5.91 Å². The van der Waals surface area contributed by atoms with Crippen LogP contribution < -0.4 is 14.8 Å². The number of ether oxygens (including phenoxy) is 2. The third kappa shape index (κ3) is 4.76. The Hall–Kier alpha value is -3.30. The molecule has 0 saturated heterocycles. The molecule has 0 bridgehead atoms. The fraction of sp³-hybridized carbons (Fsp3) is 0.130. The molecular formula is C23H19BrN2O3. The number of hydrogen-bond acceptors (Lipinski definition) is 4. The molecule has 0 saturated carbocycles. The Balaban J connectivity index is 1.87. The second kappa shape index (κ2) is 9.26. The van der Waals surface area contributed by atoms with Gasteiger partial charge in [-0.15, -0.1) is 0 Å². The van der Waals surface area contributed by atoms with Gasteiger partial charge in [-0.3, -0.25) is 4.79 Å². The molecule has 0 heterocycles. The van der Waals surface area contributed by atoms with Gasteiger partial charge in [0.2, 0.25) is 0 Å². The van der Waals surface area contributed by atoms with Gasteiger partial charge in [0.25, 0.3) is 5.91 Å². The number of rotatable bonds is 6. The van der Waals surface area contributed by atoms with Crippen LogP contribution in [0, 0.1) is 11.3 Å². The fourth-order valence-corrected chi connectivity index (χ4v) is 3.46. The number of methoxy groups -OCH3 is 1.